The first-order chi connectivity index (χ1) is 8.00. The van der Waals surface area contributed by atoms with Gasteiger partial charge in [0.05, 0.1) is 0 Å². The molecule has 0 radical (unpaired) electrons. The van der Waals surface area contributed by atoms with E-state index < -0.39 is 7.72 Å². The van der Waals surface area contributed by atoms with Crippen molar-refractivity contribution in [3.63, 3.8) is 0 Å². The van der Waals surface area contributed by atoms with Crippen LogP contribution in [0.4, 0.5) is 0 Å². The molecule has 0 bridgehead atoms. The summed E-state index contributed by atoms with van der Waals surface area (Å²) in [6, 6.07) is 14.7. The predicted molar refractivity (Wildman–Crippen MR) is 73.0 cm³/mol. The van der Waals surface area contributed by atoms with Crippen LogP contribution in [-0.4, -0.2) is 9.79 Å². The van der Waals surface area contributed by atoms with Crippen LogP contribution in [0, 0.1) is 13.8 Å². The second-order valence-corrected chi connectivity index (χ2v) is 6.51. The molecule has 0 spiro atoms. The molecule has 0 atom stereocenters. The fraction of sp³-hybridized carbons (Fsp3) is 0.143. The molecule has 2 aromatic rings. The molecule has 0 saturated carbocycles. The van der Waals surface area contributed by atoms with E-state index in [1.807, 2.05) is 38.1 Å². The van der Waals surface area contributed by atoms with E-state index in [1.54, 1.807) is 24.3 Å². The summed E-state index contributed by atoms with van der Waals surface area (Å²) in [4.78, 5) is 20.6. The highest BCUT2D eigenvalue weighted by Gasteiger charge is 2.39. The number of hydrogen-bond donors (Lipinski definition) is 2. The minimum atomic E-state index is -3.19. The Balaban J connectivity index is 2.41. The lowest BCUT2D eigenvalue weighted by Crippen LogP contribution is -2.21. The van der Waals surface area contributed by atoms with Crippen molar-refractivity contribution in [3.05, 3.63) is 59.7 Å². The Morgan fingerprint density at radius 1 is 0.647 bits per heavy atom. The first-order valence-electron chi connectivity index (χ1n) is 5.49. The Bertz CT molecular complexity index is 453. The van der Waals surface area contributed by atoms with Crippen molar-refractivity contribution in [2.45, 2.75) is 13.8 Å². The van der Waals surface area contributed by atoms with Crippen molar-refractivity contribution in [2.75, 3.05) is 0 Å². The molecule has 0 unspecified atom stereocenters. The Labute approximate surface area is 102 Å². The average molecular weight is 247 g/mol. The Morgan fingerprint density at radius 2 is 0.941 bits per heavy atom. The Kier molecular flexibility index (Phi) is 3.30. The van der Waals surface area contributed by atoms with Gasteiger partial charge in [0.15, 0.2) is 10.6 Å². The number of aryl methyl sites for hydroxylation is 2. The summed E-state index contributed by atoms with van der Waals surface area (Å²) in [5.74, 6) is 0. The molecule has 0 aromatic heterocycles. The fourth-order valence-corrected chi connectivity index (χ4v) is 3.08. The summed E-state index contributed by atoms with van der Waals surface area (Å²) in [5.41, 5.74) is 2.22. The molecular weight excluding hydrogens is 231 g/mol. The van der Waals surface area contributed by atoms with Crippen LogP contribution in [0.1, 0.15) is 11.1 Å². The molecule has 17 heavy (non-hydrogen) atoms. The number of benzene rings is 2. The normalized spacial score (nSPS) is 11.5. The molecule has 0 saturated heterocycles. The van der Waals surface area contributed by atoms with Gasteiger partial charge in [0.25, 0.3) is 0 Å². The fourth-order valence-electron chi connectivity index (χ4n) is 1.65. The van der Waals surface area contributed by atoms with Gasteiger partial charge in [0.1, 0.15) is 0 Å². The minimum Gasteiger partial charge on any atom is -0.210 e. The molecule has 0 amide bonds. The van der Waals surface area contributed by atoms with Gasteiger partial charge in [-0.3, -0.25) is 0 Å². The van der Waals surface area contributed by atoms with E-state index in [4.69, 9.17) is 0 Å². The second-order valence-electron chi connectivity index (χ2n) is 4.27. The summed E-state index contributed by atoms with van der Waals surface area (Å²) in [7, 11) is -3.19. The summed E-state index contributed by atoms with van der Waals surface area (Å²) in [6.45, 7) is 3.95. The van der Waals surface area contributed by atoms with E-state index in [-0.39, 0.29) is 0 Å². The first-order valence-corrected chi connectivity index (χ1v) is 7.18. The topological polar surface area (TPSA) is 40.5 Å². The molecule has 3 heteroatoms. The van der Waals surface area contributed by atoms with Crippen LogP contribution in [0.2, 0.25) is 0 Å². The third kappa shape index (κ3) is 2.55. The minimum absolute atomic E-state index is 0.590. The van der Waals surface area contributed by atoms with Gasteiger partial charge >= 0.3 is 7.72 Å². The molecule has 2 aromatic carbocycles. The molecule has 2 N–H and O–H groups in total. The molecule has 0 aliphatic rings. The number of rotatable bonds is 2. The molecular formula is C14H16O2P+. The lowest BCUT2D eigenvalue weighted by atomic mass is 10.2. The third-order valence-electron chi connectivity index (χ3n) is 2.79. The van der Waals surface area contributed by atoms with Crippen molar-refractivity contribution >= 4 is 18.3 Å². The maximum absolute atomic E-state index is 10.3. The largest absolute Gasteiger partial charge is 0.333 e. The Morgan fingerprint density at radius 3 is 1.24 bits per heavy atom. The van der Waals surface area contributed by atoms with Gasteiger partial charge in [-0.25, -0.2) is 9.79 Å². The highest BCUT2D eigenvalue weighted by Crippen LogP contribution is 2.47. The van der Waals surface area contributed by atoms with Crippen LogP contribution in [0.25, 0.3) is 0 Å². The van der Waals surface area contributed by atoms with E-state index in [0.717, 1.165) is 11.1 Å². The molecule has 0 heterocycles. The first kappa shape index (κ1) is 12.3. The molecule has 88 valence electrons. The summed E-state index contributed by atoms with van der Waals surface area (Å²) in [6.07, 6.45) is 0. The van der Waals surface area contributed by atoms with Crippen molar-refractivity contribution < 1.29 is 9.79 Å². The lowest BCUT2D eigenvalue weighted by molar-refractivity contribution is 0.479. The molecule has 0 aliphatic heterocycles. The van der Waals surface area contributed by atoms with E-state index >= 15 is 0 Å². The van der Waals surface area contributed by atoms with Crippen molar-refractivity contribution in [2.24, 2.45) is 0 Å². The SMILES string of the molecule is Cc1ccc([P+](O)(O)c2ccc(C)cc2)cc1. The highest BCUT2D eigenvalue weighted by atomic mass is 31.2. The lowest BCUT2D eigenvalue weighted by Gasteiger charge is -2.12. The van der Waals surface area contributed by atoms with E-state index in [9.17, 15) is 9.79 Å². The Hall–Kier alpha value is -1.21. The van der Waals surface area contributed by atoms with Crippen LogP contribution in [0.5, 0.6) is 0 Å². The maximum Gasteiger partial charge on any atom is 0.333 e. The monoisotopic (exact) mass is 247 g/mol. The van der Waals surface area contributed by atoms with Crippen molar-refractivity contribution in [1.29, 1.82) is 0 Å². The smallest absolute Gasteiger partial charge is 0.210 e. The van der Waals surface area contributed by atoms with Crippen LogP contribution >= 0.6 is 7.72 Å². The highest BCUT2D eigenvalue weighted by molar-refractivity contribution is 7.79. The average Bonchev–Trinajstić information content (AvgIpc) is 2.30. The van der Waals surface area contributed by atoms with Gasteiger partial charge in [-0.1, -0.05) is 35.4 Å². The van der Waals surface area contributed by atoms with Gasteiger partial charge in [0, 0.05) is 0 Å². The van der Waals surface area contributed by atoms with E-state index in [2.05, 4.69) is 0 Å². The van der Waals surface area contributed by atoms with Gasteiger partial charge in [-0.05, 0) is 38.1 Å². The standard InChI is InChI=1S/C14H16O2P/c1-11-3-7-13(8-4-11)17(15,16)14-9-5-12(2)6-10-14/h3-10,15-16H,1-2H3/q+1. The zero-order valence-corrected chi connectivity index (χ0v) is 10.9. The molecule has 2 rings (SSSR count). The summed E-state index contributed by atoms with van der Waals surface area (Å²) in [5, 5.41) is 1.18. The van der Waals surface area contributed by atoms with Crippen molar-refractivity contribution in [3.8, 4) is 0 Å². The van der Waals surface area contributed by atoms with Gasteiger partial charge in [0.2, 0.25) is 0 Å². The van der Waals surface area contributed by atoms with Gasteiger partial charge in [-0.2, -0.15) is 0 Å². The zero-order valence-electron chi connectivity index (χ0n) is 9.96. The zero-order chi connectivity index (χ0) is 12.5. The third-order valence-corrected chi connectivity index (χ3v) is 4.82. The van der Waals surface area contributed by atoms with E-state index in [1.165, 1.54) is 0 Å². The quantitative estimate of drug-likeness (QED) is 0.798. The van der Waals surface area contributed by atoms with Crippen LogP contribution in [0.15, 0.2) is 48.5 Å². The predicted octanol–water partition coefficient (Wildman–Crippen LogP) is 2.09. The summed E-state index contributed by atoms with van der Waals surface area (Å²) < 4.78 is 0. The summed E-state index contributed by atoms with van der Waals surface area (Å²) >= 11 is 0. The second kappa shape index (κ2) is 4.58. The van der Waals surface area contributed by atoms with Crippen LogP contribution in [-0.2, 0) is 0 Å². The van der Waals surface area contributed by atoms with Gasteiger partial charge in [-0.15, -0.1) is 0 Å². The molecule has 0 aliphatic carbocycles. The number of hydrogen-bond acceptors (Lipinski definition) is 2. The molecule has 0 fully saturated rings. The molecule has 2 nitrogen and oxygen atoms in total. The van der Waals surface area contributed by atoms with Crippen LogP contribution in [0.3, 0.4) is 0 Å². The van der Waals surface area contributed by atoms with Gasteiger partial charge < -0.3 is 0 Å². The van der Waals surface area contributed by atoms with E-state index in [0.29, 0.717) is 10.6 Å². The maximum atomic E-state index is 10.3. The van der Waals surface area contributed by atoms with Crippen LogP contribution < -0.4 is 10.6 Å². The van der Waals surface area contributed by atoms with Crippen molar-refractivity contribution in [1.82, 2.24) is 0 Å².